The van der Waals surface area contributed by atoms with Gasteiger partial charge < -0.3 is 5.11 Å². The maximum atomic E-state index is 11.0. The lowest BCUT2D eigenvalue weighted by Gasteiger charge is -2.34. The van der Waals surface area contributed by atoms with Crippen LogP contribution in [0, 0.1) is 0 Å². The van der Waals surface area contributed by atoms with E-state index in [0.717, 1.165) is 0 Å². The van der Waals surface area contributed by atoms with Crippen LogP contribution in [0.15, 0.2) is 0 Å². The van der Waals surface area contributed by atoms with E-state index in [-0.39, 0.29) is 5.75 Å². The monoisotopic (exact) mass is 251 g/mol. The lowest BCUT2D eigenvalue weighted by atomic mass is 10.0. The van der Waals surface area contributed by atoms with Gasteiger partial charge in [-0.25, -0.2) is 8.42 Å². The van der Waals surface area contributed by atoms with E-state index in [2.05, 4.69) is 0 Å². The van der Waals surface area contributed by atoms with Crippen molar-refractivity contribution in [3.8, 4) is 0 Å². The standard InChI is InChI=1S/C10H21NO4S/c1-5-11(10(2,3)9(12)13)7-6-8-16(4,14)15/h5-8H2,1-4H3,(H,12,13). The highest BCUT2D eigenvalue weighted by atomic mass is 32.2. The largest absolute Gasteiger partial charge is 0.480 e. The maximum absolute atomic E-state index is 11.0. The molecule has 0 saturated heterocycles. The summed E-state index contributed by atoms with van der Waals surface area (Å²) in [5.41, 5.74) is -0.952. The summed E-state index contributed by atoms with van der Waals surface area (Å²) in [6, 6.07) is 0. The third-order valence-corrected chi connectivity index (χ3v) is 3.67. The molecule has 16 heavy (non-hydrogen) atoms. The first kappa shape index (κ1) is 15.4. The minimum Gasteiger partial charge on any atom is -0.480 e. The first-order valence-electron chi connectivity index (χ1n) is 5.27. The smallest absolute Gasteiger partial charge is 0.323 e. The van der Waals surface area contributed by atoms with Gasteiger partial charge in [-0.3, -0.25) is 9.69 Å². The molecule has 0 fully saturated rings. The molecule has 0 aliphatic heterocycles. The van der Waals surface area contributed by atoms with Crippen molar-refractivity contribution in [3.63, 3.8) is 0 Å². The Morgan fingerprint density at radius 2 is 1.88 bits per heavy atom. The lowest BCUT2D eigenvalue weighted by Crippen LogP contribution is -2.50. The lowest BCUT2D eigenvalue weighted by molar-refractivity contribution is -0.149. The van der Waals surface area contributed by atoms with Crippen molar-refractivity contribution < 1.29 is 18.3 Å². The van der Waals surface area contributed by atoms with Crippen molar-refractivity contribution in [2.75, 3.05) is 25.1 Å². The average Bonchev–Trinajstić information content (AvgIpc) is 2.10. The van der Waals surface area contributed by atoms with Crippen molar-refractivity contribution in [1.82, 2.24) is 4.90 Å². The second kappa shape index (κ2) is 5.63. The van der Waals surface area contributed by atoms with Crippen LogP contribution in [0.5, 0.6) is 0 Å². The third kappa shape index (κ3) is 4.94. The number of hydrogen-bond acceptors (Lipinski definition) is 4. The second-order valence-corrected chi connectivity index (χ2v) is 6.69. The van der Waals surface area contributed by atoms with E-state index in [0.29, 0.717) is 19.5 Å². The first-order chi connectivity index (χ1) is 7.11. The zero-order valence-corrected chi connectivity index (χ0v) is 11.2. The van der Waals surface area contributed by atoms with Crippen LogP contribution in [0.3, 0.4) is 0 Å². The normalized spacial score (nSPS) is 13.1. The highest BCUT2D eigenvalue weighted by Crippen LogP contribution is 2.14. The van der Waals surface area contributed by atoms with Crippen LogP contribution in [-0.2, 0) is 14.6 Å². The minimum atomic E-state index is -2.97. The van der Waals surface area contributed by atoms with E-state index in [9.17, 15) is 13.2 Å². The van der Waals surface area contributed by atoms with Crippen molar-refractivity contribution >= 4 is 15.8 Å². The molecule has 6 heteroatoms. The Labute approximate surface area is 97.4 Å². The molecule has 0 rings (SSSR count). The maximum Gasteiger partial charge on any atom is 0.323 e. The Balaban J connectivity index is 4.38. The molecule has 0 spiro atoms. The van der Waals surface area contributed by atoms with Gasteiger partial charge in [0.2, 0.25) is 0 Å². The summed E-state index contributed by atoms with van der Waals surface area (Å²) in [6.45, 7) is 6.18. The Kier molecular flexibility index (Phi) is 5.41. The number of carboxylic acid groups (broad SMARTS) is 1. The van der Waals surface area contributed by atoms with Crippen LogP contribution in [0.25, 0.3) is 0 Å². The van der Waals surface area contributed by atoms with Crippen LogP contribution in [0.1, 0.15) is 27.2 Å². The van der Waals surface area contributed by atoms with Crippen LogP contribution in [0.4, 0.5) is 0 Å². The molecular weight excluding hydrogens is 230 g/mol. The molecule has 0 atom stereocenters. The van der Waals surface area contributed by atoms with Gasteiger partial charge in [-0.05, 0) is 26.8 Å². The molecule has 0 aromatic rings. The summed E-state index contributed by atoms with van der Waals surface area (Å²) in [4.78, 5) is 12.8. The van der Waals surface area contributed by atoms with Gasteiger partial charge >= 0.3 is 5.97 Å². The SMILES string of the molecule is CCN(CCCS(C)(=O)=O)C(C)(C)C(=O)O. The van der Waals surface area contributed by atoms with Crippen molar-refractivity contribution in [2.45, 2.75) is 32.7 Å². The number of carboxylic acids is 1. The number of aliphatic carboxylic acids is 1. The molecular formula is C10H21NO4S. The molecule has 0 aromatic heterocycles. The summed E-state index contributed by atoms with van der Waals surface area (Å²) in [5.74, 6) is -0.798. The zero-order valence-electron chi connectivity index (χ0n) is 10.4. The van der Waals surface area contributed by atoms with E-state index >= 15 is 0 Å². The Morgan fingerprint density at radius 3 is 2.19 bits per heavy atom. The summed E-state index contributed by atoms with van der Waals surface area (Å²) in [5, 5.41) is 9.04. The molecule has 0 amide bonds. The van der Waals surface area contributed by atoms with Gasteiger partial charge in [0.25, 0.3) is 0 Å². The highest BCUT2D eigenvalue weighted by molar-refractivity contribution is 7.90. The molecule has 0 aliphatic rings. The predicted molar refractivity (Wildman–Crippen MR) is 63.3 cm³/mol. The number of rotatable bonds is 7. The topological polar surface area (TPSA) is 74.7 Å². The van der Waals surface area contributed by atoms with E-state index in [1.165, 1.54) is 6.26 Å². The summed E-state index contributed by atoms with van der Waals surface area (Å²) in [6.07, 6.45) is 1.65. The minimum absolute atomic E-state index is 0.0964. The molecule has 5 nitrogen and oxygen atoms in total. The Hall–Kier alpha value is -0.620. The number of hydrogen-bond donors (Lipinski definition) is 1. The van der Waals surface area contributed by atoms with Crippen molar-refractivity contribution in [1.29, 1.82) is 0 Å². The van der Waals surface area contributed by atoms with Gasteiger partial charge in [-0.2, -0.15) is 0 Å². The average molecular weight is 251 g/mol. The van der Waals surface area contributed by atoms with Gasteiger partial charge in [0.15, 0.2) is 0 Å². The molecule has 1 N–H and O–H groups in total. The molecule has 0 unspecified atom stereocenters. The van der Waals surface area contributed by atoms with E-state index < -0.39 is 21.3 Å². The van der Waals surface area contributed by atoms with Crippen LogP contribution >= 0.6 is 0 Å². The number of sulfone groups is 1. The second-order valence-electron chi connectivity index (χ2n) is 4.43. The van der Waals surface area contributed by atoms with E-state index in [4.69, 9.17) is 5.11 Å². The summed E-state index contributed by atoms with van der Waals surface area (Å²) in [7, 11) is -2.97. The molecule has 0 radical (unpaired) electrons. The van der Waals surface area contributed by atoms with Crippen LogP contribution < -0.4 is 0 Å². The third-order valence-electron chi connectivity index (χ3n) is 2.64. The molecule has 0 bridgehead atoms. The molecule has 0 aliphatic carbocycles. The van der Waals surface area contributed by atoms with Crippen LogP contribution in [0.2, 0.25) is 0 Å². The Morgan fingerprint density at radius 1 is 1.38 bits per heavy atom. The van der Waals surface area contributed by atoms with Crippen molar-refractivity contribution in [3.05, 3.63) is 0 Å². The van der Waals surface area contributed by atoms with Gasteiger partial charge in [0.1, 0.15) is 15.4 Å². The first-order valence-corrected chi connectivity index (χ1v) is 7.33. The predicted octanol–water partition coefficient (Wildman–Crippen LogP) is 0.606. The van der Waals surface area contributed by atoms with Gasteiger partial charge in [-0.15, -0.1) is 0 Å². The number of nitrogens with zero attached hydrogens (tertiary/aromatic N) is 1. The van der Waals surface area contributed by atoms with Crippen LogP contribution in [-0.4, -0.2) is 55.0 Å². The quantitative estimate of drug-likeness (QED) is 0.717. The zero-order chi connectivity index (χ0) is 13.0. The van der Waals surface area contributed by atoms with Gasteiger partial charge in [-0.1, -0.05) is 6.92 Å². The molecule has 0 aromatic carbocycles. The molecule has 96 valence electrons. The highest BCUT2D eigenvalue weighted by Gasteiger charge is 2.33. The van der Waals surface area contributed by atoms with E-state index in [1.54, 1.807) is 18.7 Å². The fourth-order valence-electron chi connectivity index (χ4n) is 1.49. The Bertz CT molecular complexity index is 335. The summed E-state index contributed by atoms with van der Waals surface area (Å²) >= 11 is 0. The fourth-order valence-corrected chi connectivity index (χ4v) is 2.14. The number of likely N-dealkylation sites (N-methyl/N-ethyl adjacent to an activating group) is 1. The van der Waals surface area contributed by atoms with Gasteiger partial charge in [0, 0.05) is 12.8 Å². The fraction of sp³-hybridized carbons (Fsp3) is 0.900. The molecule has 0 saturated carbocycles. The van der Waals surface area contributed by atoms with E-state index in [1.807, 2.05) is 6.92 Å². The van der Waals surface area contributed by atoms with Crippen molar-refractivity contribution in [2.24, 2.45) is 0 Å². The van der Waals surface area contributed by atoms with Gasteiger partial charge in [0.05, 0.1) is 5.75 Å². The summed E-state index contributed by atoms with van der Waals surface area (Å²) < 4.78 is 21.9. The molecule has 0 heterocycles. The number of carbonyl (C=O) groups is 1.